The van der Waals surface area contributed by atoms with Crippen LogP contribution in [0.25, 0.3) is 11.0 Å². The topological polar surface area (TPSA) is 131 Å². The lowest BCUT2D eigenvalue weighted by atomic mass is 10.1. The van der Waals surface area contributed by atoms with E-state index in [2.05, 4.69) is 36.2 Å². The van der Waals surface area contributed by atoms with Crippen molar-refractivity contribution in [1.82, 2.24) is 19.9 Å². The Labute approximate surface area is 196 Å². The number of halogens is 3. The Bertz CT molecular complexity index is 1320. The van der Waals surface area contributed by atoms with Crippen LogP contribution in [0.5, 0.6) is 5.88 Å². The number of thioether (sulfide) groups is 1. The highest BCUT2D eigenvalue weighted by Crippen LogP contribution is 2.71. The van der Waals surface area contributed by atoms with Gasteiger partial charge in [0.1, 0.15) is 10.3 Å². The maximum absolute atomic E-state index is 14.8. The number of nitrogens with zero attached hydrogens (tertiary/aromatic N) is 5. The van der Waals surface area contributed by atoms with Crippen molar-refractivity contribution in [1.29, 1.82) is 0 Å². The molecule has 0 saturated heterocycles. The van der Waals surface area contributed by atoms with Gasteiger partial charge in [0.15, 0.2) is 17.6 Å². The third kappa shape index (κ3) is 3.95. The van der Waals surface area contributed by atoms with Gasteiger partial charge in [-0.25, -0.2) is 28.7 Å². The van der Waals surface area contributed by atoms with Crippen LogP contribution < -0.4 is 15.8 Å². The lowest BCUT2D eigenvalue weighted by Crippen LogP contribution is -2.25. The second-order valence-corrected chi connectivity index (χ2v) is 8.58. The molecule has 0 radical (unpaired) electrons. The molecule has 3 heterocycles. The van der Waals surface area contributed by atoms with Gasteiger partial charge >= 0.3 is 0 Å². The SMILES string of the molecule is C#CCOc1cnc2c(Nc3cnc(F)c(C4C(F)(F)[C@]4(CO)S/C(N)=N\C)c3)nccc2n1. The van der Waals surface area contributed by atoms with Gasteiger partial charge in [-0.15, -0.1) is 6.42 Å². The molecule has 9 nitrogen and oxygen atoms in total. The molecule has 2 atom stereocenters. The molecule has 1 unspecified atom stereocenters. The minimum Gasteiger partial charge on any atom is -0.463 e. The van der Waals surface area contributed by atoms with E-state index in [1.54, 1.807) is 6.07 Å². The molecule has 1 saturated carbocycles. The summed E-state index contributed by atoms with van der Waals surface area (Å²) in [6.07, 6.45) is 9.12. The fourth-order valence-electron chi connectivity index (χ4n) is 3.55. The van der Waals surface area contributed by atoms with E-state index < -0.39 is 29.1 Å². The molecule has 4 rings (SSSR count). The van der Waals surface area contributed by atoms with E-state index in [4.69, 9.17) is 16.9 Å². The summed E-state index contributed by atoms with van der Waals surface area (Å²) in [6, 6.07) is 2.79. The molecule has 0 bridgehead atoms. The van der Waals surface area contributed by atoms with Crippen LogP contribution in [0.3, 0.4) is 0 Å². The molecule has 0 spiro atoms. The lowest BCUT2D eigenvalue weighted by molar-refractivity contribution is 0.0871. The van der Waals surface area contributed by atoms with Crippen molar-refractivity contribution in [3.8, 4) is 18.2 Å². The highest BCUT2D eigenvalue weighted by molar-refractivity contribution is 8.15. The number of aliphatic hydroxyl groups excluding tert-OH is 1. The summed E-state index contributed by atoms with van der Waals surface area (Å²) in [5.74, 6) is -3.41. The summed E-state index contributed by atoms with van der Waals surface area (Å²) in [5.41, 5.74) is 6.19. The fraction of sp³-hybridized carbons (Fsp3) is 0.286. The van der Waals surface area contributed by atoms with Crippen molar-refractivity contribution in [3.05, 3.63) is 42.2 Å². The van der Waals surface area contributed by atoms with Gasteiger partial charge in [-0.2, -0.15) is 4.39 Å². The zero-order valence-electron chi connectivity index (χ0n) is 17.7. The highest BCUT2D eigenvalue weighted by Gasteiger charge is 2.82. The Morgan fingerprint density at radius 3 is 2.88 bits per heavy atom. The van der Waals surface area contributed by atoms with Gasteiger partial charge in [0, 0.05) is 18.8 Å². The third-order valence-corrected chi connectivity index (χ3v) is 6.63. The molecule has 0 amide bonds. The number of fused-ring (bicyclic) bond motifs is 1. The molecule has 0 aliphatic heterocycles. The molecule has 1 aliphatic carbocycles. The van der Waals surface area contributed by atoms with Gasteiger partial charge in [0.25, 0.3) is 5.92 Å². The first kappa shape index (κ1) is 23.5. The molecule has 1 aliphatic rings. The third-order valence-electron chi connectivity index (χ3n) is 5.23. The minimum atomic E-state index is -3.44. The average Bonchev–Trinajstić information content (AvgIpc) is 3.32. The number of hydrogen-bond donors (Lipinski definition) is 3. The highest BCUT2D eigenvalue weighted by atomic mass is 32.2. The van der Waals surface area contributed by atoms with E-state index in [-0.39, 0.29) is 34.7 Å². The largest absolute Gasteiger partial charge is 0.463 e. The van der Waals surface area contributed by atoms with Crippen LogP contribution in [-0.4, -0.2) is 61.1 Å². The Morgan fingerprint density at radius 2 is 2.18 bits per heavy atom. The summed E-state index contributed by atoms with van der Waals surface area (Å²) in [6.45, 7) is -0.914. The number of amidine groups is 1. The predicted molar refractivity (Wildman–Crippen MR) is 122 cm³/mol. The predicted octanol–water partition coefficient (Wildman–Crippen LogP) is 2.46. The van der Waals surface area contributed by atoms with Crippen molar-refractivity contribution < 1.29 is 23.0 Å². The number of aliphatic imine (C=N–C) groups is 1. The number of pyridine rings is 2. The molecular weight excluding hydrogens is 471 g/mol. The summed E-state index contributed by atoms with van der Waals surface area (Å²) < 4.78 is 47.4. The monoisotopic (exact) mass is 489 g/mol. The quantitative estimate of drug-likeness (QED) is 0.198. The van der Waals surface area contributed by atoms with Gasteiger partial charge in [0.2, 0.25) is 11.8 Å². The summed E-state index contributed by atoms with van der Waals surface area (Å²) in [7, 11) is 1.33. The van der Waals surface area contributed by atoms with E-state index in [0.29, 0.717) is 22.8 Å². The fourth-order valence-corrected chi connectivity index (χ4v) is 4.66. The minimum absolute atomic E-state index is 0.0234. The van der Waals surface area contributed by atoms with Crippen molar-refractivity contribution in [2.45, 2.75) is 16.6 Å². The zero-order chi connectivity index (χ0) is 24.5. The second-order valence-electron chi connectivity index (χ2n) is 7.22. The van der Waals surface area contributed by atoms with Crippen molar-refractivity contribution in [3.63, 3.8) is 0 Å². The molecule has 1 fully saturated rings. The van der Waals surface area contributed by atoms with E-state index in [0.717, 1.165) is 6.20 Å². The van der Waals surface area contributed by atoms with Crippen LogP contribution in [0.2, 0.25) is 0 Å². The number of aromatic nitrogens is 4. The molecule has 4 N–H and O–H groups in total. The Kier molecular flexibility index (Phi) is 6.20. The number of alkyl halides is 2. The molecule has 3 aromatic heterocycles. The second kappa shape index (κ2) is 8.96. The van der Waals surface area contributed by atoms with Gasteiger partial charge in [-0.05, 0) is 12.1 Å². The Balaban J connectivity index is 1.66. The van der Waals surface area contributed by atoms with E-state index in [9.17, 15) is 18.3 Å². The first-order chi connectivity index (χ1) is 16.3. The van der Waals surface area contributed by atoms with Crippen LogP contribution in [0.15, 0.2) is 35.7 Å². The number of nitrogens with one attached hydrogen (secondary N) is 1. The van der Waals surface area contributed by atoms with Gasteiger partial charge in [-0.1, -0.05) is 17.7 Å². The number of hydrogen-bond acceptors (Lipinski definition) is 9. The smallest absolute Gasteiger partial charge is 0.274 e. The van der Waals surface area contributed by atoms with Crippen molar-refractivity contribution in [2.24, 2.45) is 10.7 Å². The first-order valence-electron chi connectivity index (χ1n) is 9.77. The Morgan fingerprint density at radius 1 is 1.38 bits per heavy atom. The van der Waals surface area contributed by atoms with Gasteiger partial charge in [0.05, 0.1) is 36.1 Å². The molecule has 34 heavy (non-hydrogen) atoms. The molecular formula is C21H18F3N7O2S. The van der Waals surface area contributed by atoms with Crippen LogP contribution in [0.4, 0.5) is 24.7 Å². The normalized spacial score (nSPS) is 21.2. The maximum atomic E-state index is 14.8. The van der Waals surface area contributed by atoms with Crippen LogP contribution in [0.1, 0.15) is 11.5 Å². The average molecular weight is 489 g/mol. The summed E-state index contributed by atoms with van der Waals surface area (Å²) >= 11 is 0.508. The number of rotatable bonds is 7. The molecule has 0 aromatic carbocycles. The lowest BCUT2D eigenvalue weighted by Gasteiger charge is -2.13. The van der Waals surface area contributed by atoms with E-state index in [1.807, 2.05) is 0 Å². The maximum Gasteiger partial charge on any atom is 0.274 e. The van der Waals surface area contributed by atoms with Crippen LogP contribution in [0, 0.1) is 18.3 Å². The number of ether oxygens (including phenoxy) is 1. The number of aliphatic hydroxyl groups is 1. The molecule has 3 aromatic rings. The van der Waals surface area contributed by atoms with E-state index in [1.165, 1.54) is 25.5 Å². The first-order valence-corrected chi connectivity index (χ1v) is 10.6. The number of nitrogens with two attached hydrogens (primary N) is 1. The molecule has 13 heteroatoms. The number of anilines is 2. The van der Waals surface area contributed by atoms with Crippen LogP contribution in [-0.2, 0) is 0 Å². The standard InChI is InChI=1S/C21H18F3N7O2S/c1-3-6-33-14-9-28-15-13(31-14)4-5-27-18(15)30-11-7-12(17(22)29-8-11)16-20(10-32,21(16,23)24)34-19(25)26-2/h1,4-5,7-9,16,32H,6,10H2,2H3,(H2,25,26)(H,27,30)/t16?,20-/m1/s1. The molecule has 176 valence electrons. The van der Waals surface area contributed by atoms with Crippen molar-refractivity contribution in [2.75, 3.05) is 25.6 Å². The number of terminal acetylenes is 1. The Hall–Kier alpha value is -3.63. The summed E-state index contributed by atoms with van der Waals surface area (Å²) in [5, 5.41) is 12.5. The summed E-state index contributed by atoms with van der Waals surface area (Å²) in [4.78, 5) is 20.0. The van der Waals surface area contributed by atoms with Crippen LogP contribution >= 0.6 is 11.8 Å². The van der Waals surface area contributed by atoms with Gasteiger partial charge in [-0.3, -0.25) is 4.99 Å². The van der Waals surface area contributed by atoms with Crippen molar-refractivity contribution >= 4 is 39.5 Å². The zero-order valence-corrected chi connectivity index (χ0v) is 18.5. The van der Waals surface area contributed by atoms with E-state index >= 15 is 0 Å². The van der Waals surface area contributed by atoms with Gasteiger partial charge < -0.3 is 20.9 Å².